The summed E-state index contributed by atoms with van der Waals surface area (Å²) < 4.78 is 36.2. The lowest BCUT2D eigenvalue weighted by molar-refractivity contribution is -0.0921. The van der Waals surface area contributed by atoms with Crippen molar-refractivity contribution in [1.82, 2.24) is 4.90 Å². The molecule has 0 aliphatic carbocycles. The Kier molecular flexibility index (Phi) is 4.04. The molecule has 0 aromatic rings. The fourth-order valence-corrected chi connectivity index (χ4v) is 0.669. The molecule has 0 atom stereocenters. The summed E-state index contributed by atoms with van der Waals surface area (Å²) in [5, 5.41) is 0. The zero-order valence-corrected chi connectivity index (χ0v) is 8.24. The van der Waals surface area contributed by atoms with Crippen LogP contribution in [0, 0.1) is 0 Å². The molecule has 0 saturated heterocycles. The quantitative estimate of drug-likeness (QED) is 0.650. The Morgan fingerprint density at radius 1 is 1.23 bits per heavy atom. The van der Waals surface area contributed by atoms with Crippen molar-refractivity contribution < 1.29 is 13.2 Å². The van der Waals surface area contributed by atoms with Gasteiger partial charge in [-0.05, 0) is 20.8 Å². The highest BCUT2D eigenvalue weighted by atomic mass is 19.4. The summed E-state index contributed by atoms with van der Waals surface area (Å²) in [7, 11) is 1.59. The fraction of sp³-hybridized carbons (Fsp3) is 0.556. The molecule has 0 aromatic heterocycles. The van der Waals surface area contributed by atoms with Crippen molar-refractivity contribution in [3.63, 3.8) is 0 Å². The second kappa shape index (κ2) is 4.35. The van der Waals surface area contributed by atoms with E-state index in [1.165, 1.54) is 4.90 Å². The van der Waals surface area contributed by atoms with Crippen LogP contribution in [0.25, 0.3) is 0 Å². The largest absolute Gasteiger partial charge is 0.413 e. The number of hydrogen-bond donors (Lipinski definition) is 0. The number of rotatable bonds is 2. The van der Waals surface area contributed by atoms with E-state index in [2.05, 4.69) is 0 Å². The van der Waals surface area contributed by atoms with E-state index in [4.69, 9.17) is 0 Å². The van der Waals surface area contributed by atoms with E-state index < -0.39 is 11.7 Å². The van der Waals surface area contributed by atoms with Gasteiger partial charge >= 0.3 is 6.18 Å². The molecule has 0 unspecified atom stereocenters. The number of nitrogens with zero attached hydrogens (tertiary/aromatic N) is 1. The molecule has 0 spiro atoms. The Hall–Kier alpha value is -0.930. The molecule has 1 nitrogen and oxygen atoms in total. The van der Waals surface area contributed by atoms with Crippen molar-refractivity contribution in [3.05, 3.63) is 23.5 Å². The smallest absolute Gasteiger partial charge is 0.355 e. The molecule has 0 bridgehead atoms. The maximum Gasteiger partial charge on any atom is 0.413 e. The van der Waals surface area contributed by atoms with Crippen LogP contribution >= 0.6 is 0 Å². The van der Waals surface area contributed by atoms with E-state index in [1.807, 2.05) is 0 Å². The van der Waals surface area contributed by atoms with Crippen LogP contribution in [-0.4, -0.2) is 18.1 Å². The normalized spacial score (nSPS) is 14.7. The van der Waals surface area contributed by atoms with Gasteiger partial charge in [0.05, 0.1) is 0 Å². The third-order valence-corrected chi connectivity index (χ3v) is 1.81. The van der Waals surface area contributed by atoms with E-state index in [9.17, 15) is 13.2 Å². The highest BCUT2D eigenvalue weighted by Gasteiger charge is 2.30. The highest BCUT2D eigenvalue weighted by molar-refractivity contribution is 5.09. The van der Waals surface area contributed by atoms with E-state index >= 15 is 0 Å². The molecular weight excluding hydrogens is 179 g/mol. The van der Waals surface area contributed by atoms with Gasteiger partial charge in [0.25, 0.3) is 0 Å². The zero-order chi connectivity index (χ0) is 10.6. The van der Waals surface area contributed by atoms with Crippen molar-refractivity contribution in [2.75, 3.05) is 7.05 Å². The van der Waals surface area contributed by atoms with Crippen molar-refractivity contribution in [3.8, 4) is 0 Å². The predicted molar refractivity (Wildman–Crippen MR) is 47.0 cm³/mol. The number of allylic oxidation sites excluding steroid dienone is 3. The maximum atomic E-state index is 12.1. The first-order valence-corrected chi connectivity index (χ1v) is 3.90. The van der Waals surface area contributed by atoms with Crippen LogP contribution in [0.4, 0.5) is 13.2 Å². The topological polar surface area (TPSA) is 3.24 Å². The van der Waals surface area contributed by atoms with E-state index in [-0.39, 0.29) is 0 Å². The van der Waals surface area contributed by atoms with Crippen LogP contribution in [0.15, 0.2) is 23.5 Å². The molecule has 76 valence electrons. The number of alkyl halides is 3. The van der Waals surface area contributed by atoms with Gasteiger partial charge in [-0.25, -0.2) is 0 Å². The molecule has 0 aromatic carbocycles. The van der Waals surface area contributed by atoms with E-state index in [0.29, 0.717) is 0 Å². The molecule has 13 heavy (non-hydrogen) atoms. The van der Waals surface area contributed by atoms with Gasteiger partial charge in [0.1, 0.15) is 0 Å². The van der Waals surface area contributed by atoms with Gasteiger partial charge < -0.3 is 4.90 Å². The summed E-state index contributed by atoms with van der Waals surface area (Å²) in [6.45, 7) is 4.59. The van der Waals surface area contributed by atoms with Crippen LogP contribution in [0.5, 0.6) is 0 Å². The van der Waals surface area contributed by atoms with Gasteiger partial charge in [-0.15, -0.1) is 0 Å². The van der Waals surface area contributed by atoms with Crippen LogP contribution in [0.2, 0.25) is 0 Å². The summed E-state index contributed by atoms with van der Waals surface area (Å²) in [6.07, 6.45) is -1.40. The molecule has 0 saturated carbocycles. The van der Waals surface area contributed by atoms with Gasteiger partial charge in [0, 0.05) is 24.5 Å². The molecule has 0 radical (unpaired) electrons. The monoisotopic (exact) mass is 193 g/mol. The minimum Gasteiger partial charge on any atom is -0.355 e. The molecular formula is C9H14F3N. The Labute approximate surface area is 76.5 Å². The maximum absolute atomic E-state index is 12.1. The van der Waals surface area contributed by atoms with Crippen molar-refractivity contribution in [2.24, 2.45) is 0 Å². The standard InChI is InChI=1S/C9H14F3N/c1-5-8(3)13(4)6-7(2)9(10,11)12/h5-6H,1-4H3/b7-6+,8-5-. The average Bonchev–Trinajstić information content (AvgIpc) is 2.01. The molecule has 0 fully saturated rings. The molecule has 0 rings (SSSR count). The summed E-state index contributed by atoms with van der Waals surface area (Å²) in [5.41, 5.74) is 0.180. The Morgan fingerprint density at radius 3 is 2.00 bits per heavy atom. The third kappa shape index (κ3) is 4.01. The average molecular weight is 193 g/mol. The minimum absolute atomic E-state index is 0.601. The van der Waals surface area contributed by atoms with Gasteiger partial charge in [0.15, 0.2) is 0 Å². The molecule has 0 heterocycles. The van der Waals surface area contributed by atoms with Gasteiger partial charge in [-0.2, -0.15) is 13.2 Å². The lowest BCUT2D eigenvalue weighted by Gasteiger charge is -2.17. The predicted octanol–water partition coefficient (Wildman–Crippen LogP) is 3.31. The van der Waals surface area contributed by atoms with Crippen molar-refractivity contribution in [2.45, 2.75) is 26.9 Å². The first-order valence-electron chi connectivity index (χ1n) is 3.90. The van der Waals surface area contributed by atoms with Crippen LogP contribution < -0.4 is 0 Å². The lowest BCUT2D eigenvalue weighted by Crippen LogP contribution is -2.15. The molecule has 0 amide bonds. The van der Waals surface area contributed by atoms with Crippen molar-refractivity contribution in [1.29, 1.82) is 0 Å². The van der Waals surface area contributed by atoms with E-state index in [0.717, 1.165) is 18.8 Å². The van der Waals surface area contributed by atoms with Crippen LogP contribution in [0.1, 0.15) is 20.8 Å². The third-order valence-electron chi connectivity index (χ3n) is 1.81. The van der Waals surface area contributed by atoms with Crippen LogP contribution in [-0.2, 0) is 0 Å². The Balaban J connectivity index is 4.58. The summed E-state index contributed by atoms with van der Waals surface area (Å²) >= 11 is 0. The van der Waals surface area contributed by atoms with Gasteiger partial charge in [0.2, 0.25) is 0 Å². The molecule has 0 N–H and O–H groups in total. The fourth-order valence-electron chi connectivity index (χ4n) is 0.669. The first kappa shape index (κ1) is 12.1. The first-order chi connectivity index (χ1) is 5.79. The van der Waals surface area contributed by atoms with Gasteiger partial charge in [-0.1, -0.05) is 6.08 Å². The molecule has 4 heteroatoms. The number of halogens is 3. The van der Waals surface area contributed by atoms with Crippen molar-refractivity contribution >= 4 is 0 Å². The number of hydrogen-bond acceptors (Lipinski definition) is 1. The lowest BCUT2D eigenvalue weighted by atomic mass is 10.3. The minimum atomic E-state index is -4.23. The summed E-state index contributed by atoms with van der Waals surface area (Å²) in [6, 6.07) is 0. The highest BCUT2D eigenvalue weighted by Crippen LogP contribution is 2.25. The second-order valence-electron chi connectivity index (χ2n) is 2.85. The summed E-state index contributed by atoms with van der Waals surface area (Å²) in [4.78, 5) is 1.45. The molecule has 0 aliphatic rings. The van der Waals surface area contributed by atoms with Crippen LogP contribution in [0.3, 0.4) is 0 Å². The Morgan fingerprint density at radius 2 is 1.69 bits per heavy atom. The second-order valence-corrected chi connectivity index (χ2v) is 2.85. The Bertz CT molecular complexity index is 226. The molecule has 0 aliphatic heterocycles. The summed E-state index contributed by atoms with van der Waals surface area (Å²) in [5.74, 6) is 0. The van der Waals surface area contributed by atoms with Gasteiger partial charge in [-0.3, -0.25) is 0 Å². The SMILES string of the molecule is C/C=C(/C)N(C)/C=C(\C)C(F)(F)F. The zero-order valence-electron chi connectivity index (χ0n) is 8.24. The van der Waals surface area contributed by atoms with E-state index in [1.54, 1.807) is 27.0 Å².